The third-order valence-corrected chi connectivity index (χ3v) is 5.40. The van der Waals surface area contributed by atoms with E-state index in [0.717, 1.165) is 9.86 Å². The second kappa shape index (κ2) is 6.42. The molecule has 0 radical (unpaired) electrons. The Morgan fingerprint density at radius 2 is 1.78 bits per heavy atom. The topological polar surface area (TPSA) is 50.4 Å². The van der Waals surface area contributed by atoms with E-state index in [1.807, 2.05) is 25.1 Å². The van der Waals surface area contributed by atoms with Gasteiger partial charge >= 0.3 is 0 Å². The maximum absolute atomic E-state index is 13.0. The molecule has 0 amide bonds. The third-order valence-electron chi connectivity index (χ3n) is 3.57. The number of rotatable bonds is 3. The fourth-order valence-corrected chi connectivity index (χ4v) is 4.11. The first-order chi connectivity index (χ1) is 10.9. The Labute approximate surface area is 158 Å². The van der Waals surface area contributed by atoms with Crippen molar-refractivity contribution in [3.63, 3.8) is 0 Å². The lowest BCUT2D eigenvalue weighted by molar-refractivity contribution is 0.103. The Morgan fingerprint density at radius 1 is 1.13 bits per heavy atom. The van der Waals surface area contributed by atoms with E-state index in [0.29, 0.717) is 37.8 Å². The number of aryl methyl sites for hydroxylation is 1. The summed E-state index contributed by atoms with van der Waals surface area (Å²) in [7, 11) is 0. The highest BCUT2D eigenvalue weighted by Gasteiger charge is 2.23. The van der Waals surface area contributed by atoms with Gasteiger partial charge in [0.2, 0.25) is 0 Å². The van der Waals surface area contributed by atoms with Crippen molar-refractivity contribution >= 4 is 64.5 Å². The van der Waals surface area contributed by atoms with Crippen LogP contribution in [0.5, 0.6) is 5.75 Å². The number of halogens is 3. The lowest BCUT2D eigenvalue weighted by atomic mass is 9.99. The molecule has 0 atom stereocenters. The first-order valence-electron chi connectivity index (χ1n) is 6.86. The Bertz CT molecular complexity index is 905. The summed E-state index contributed by atoms with van der Waals surface area (Å²) < 4.78 is 7.60. The molecule has 0 spiro atoms. The molecule has 1 N–H and O–H groups in total. The zero-order chi connectivity index (χ0) is 16.7. The molecule has 6 heteroatoms. The van der Waals surface area contributed by atoms with Crippen molar-refractivity contribution in [2.75, 3.05) is 0 Å². The van der Waals surface area contributed by atoms with Crippen LogP contribution in [0, 0.1) is 0 Å². The number of carbonyl (C=O) groups excluding carboxylic acids is 1. The predicted molar refractivity (Wildman–Crippen MR) is 100 cm³/mol. The lowest BCUT2D eigenvalue weighted by Crippen LogP contribution is -2.03. The highest BCUT2D eigenvalue weighted by atomic mass is 79.9. The van der Waals surface area contributed by atoms with E-state index in [2.05, 4.69) is 47.8 Å². The highest BCUT2D eigenvalue weighted by molar-refractivity contribution is 9.11. The monoisotopic (exact) mass is 500 g/mol. The Hall–Kier alpha value is -1.11. The number of hydrogen-bond acceptors (Lipinski definition) is 3. The van der Waals surface area contributed by atoms with Crippen molar-refractivity contribution in [2.24, 2.45) is 0 Å². The number of furan rings is 1. The summed E-state index contributed by atoms with van der Waals surface area (Å²) in [6, 6.07) is 8.85. The normalized spacial score (nSPS) is 11.1. The average Bonchev–Trinajstić information content (AvgIpc) is 2.91. The van der Waals surface area contributed by atoms with Gasteiger partial charge in [-0.05, 0) is 66.0 Å². The average molecular weight is 503 g/mol. The van der Waals surface area contributed by atoms with Crippen molar-refractivity contribution in [3.05, 3.63) is 60.6 Å². The number of ketones is 1. The minimum Gasteiger partial charge on any atom is -0.506 e. The molecule has 0 saturated heterocycles. The van der Waals surface area contributed by atoms with Crippen LogP contribution in [0.15, 0.2) is 48.2 Å². The molecule has 3 nitrogen and oxygen atoms in total. The number of para-hydroxylation sites is 1. The van der Waals surface area contributed by atoms with E-state index in [1.54, 1.807) is 12.1 Å². The summed E-state index contributed by atoms with van der Waals surface area (Å²) in [5.74, 6) is 0.578. The Kier molecular flexibility index (Phi) is 4.67. The van der Waals surface area contributed by atoms with Crippen LogP contribution >= 0.6 is 47.8 Å². The fraction of sp³-hybridized carbons (Fsp3) is 0.118. The molecule has 3 rings (SSSR count). The third kappa shape index (κ3) is 2.88. The van der Waals surface area contributed by atoms with Crippen LogP contribution in [0.2, 0.25) is 0 Å². The summed E-state index contributed by atoms with van der Waals surface area (Å²) in [4.78, 5) is 13.0. The Morgan fingerprint density at radius 3 is 2.39 bits per heavy atom. The standard InChI is InChI=1S/C17H11Br3O3/c1-2-13-14(9-4-3-5-10(18)17(9)23-13)15(21)8-6-11(19)16(22)12(20)7-8/h3-7,22H,2H2,1H3. The second-order valence-corrected chi connectivity index (χ2v) is 7.55. The number of carbonyl (C=O) groups is 1. The van der Waals surface area contributed by atoms with Crippen molar-refractivity contribution < 1.29 is 14.3 Å². The molecule has 0 saturated carbocycles. The van der Waals surface area contributed by atoms with E-state index in [-0.39, 0.29) is 11.5 Å². The predicted octanol–water partition coefficient (Wildman–Crippen LogP) is 6.22. The summed E-state index contributed by atoms with van der Waals surface area (Å²) in [5.41, 5.74) is 1.71. The van der Waals surface area contributed by atoms with Crippen LogP contribution in [0.3, 0.4) is 0 Å². The molecule has 1 heterocycles. The quantitative estimate of drug-likeness (QED) is 0.433. The highest BCUT2D eigenvalue weighted by Crippen LogP contribution is 2.37. The van der Waals surface area contributed by atoms with Crippen LogP contribution in [0.4, 0.5) is 0 Å². The summed E-state index contributed by atoms with van der Waals surface area (Å²) in [6.07, 6.45) is 0.614. The molecule has 0 bridgehead atoms. The SMILES string of the molecule is CCc1oc2c(Br)cccc2c1C(=O)c1cc(Br)c(O)c(Br)c1. The molecule has 3 aromatic rings. The smallest absolute Gasteiger partial charge is 0.197 e. The summed E-state index contributed by atoms with van der Waals surface area (Å²) in [5, 5.41) is 10.6. The van der Waals surface area contributed by atoms with Gasteiger partial charge in [-0.1, -0.05) is 19.1 Å². The van der Waals surface area contributed by atoms with Crippen LogP contribution in [-0.4, -0.2) is 10.9 Å². The molecule has 0 fully saturated rings. The molecule has 2 aromatic carbocycles. The largest absolute Gasteiger partial charge is 0.506 e. The minimum atomic E-state index is -0.139. The van der Waals surface area contributed by atoms with Crippen LogP contribution in [0.25, 0.3) is 11.0 Å². The van der Waals surface area contributed by atoms with Crippen molar-refractivity contribution in [3.8, 4) is 5.75 Å². The zero-order valence-corrected chi connectivity index (χ0v) is 16.7. The van der Waals surface area contributed by atoms with Crippen molar-refractivity contribution in [1.29, 1.82) is 0 Å². The van der Waals surface area contributed by atoms with Crippen LogP contribution < -0.4 is 0 Å². The molecule has 0 aliphatic rings. The van der Waals surface area contributed by atoms with E-state index >= 15 is 0 Å². The number of hydrogen-bond donors (Lipinski definition) is 1. The van der Waals surface area contributed by atoms with Crippen molar-refractivity contribution in [2.45, 2.75) is 13.3 Å². The van der Waals surface area contributed by atoms with Crippen molar-refractivity contribution in [1.82, 2.24) is 0 Å². The van der Waals surface area contributed by atoms with Crippen LogP contribution in [0.1, 0.15) is 28.6 Å². The van der Waals surface area contributed by atoms with Gasteiger partial charge in [0.1, 0.15) is 17.1 Å². The molecule has 1 aromatic heterocycles. The number of aromatic hydroxyl groups is 1. The van der Waals surface area contributed by atoms with Gasteiger partial charge in [-0.25, -0.2) is 0 Å². The Balaban J connectivity index is 2.24. The first-order valence-corrected chi connectivity index (χ1v) is 9.24. The number of phenolic OH excluding ortho intramolecular Hbond substituents is 1. The molecular formula is C17H11Br3O3. The number of benzene rings is 2. The zero-order valence-electron chi connectivity index (χ0n) is 12.0. The molecule has 23 heavy (non-hydrogen) atoms. The van der Waals surface area contributed by atoms with Gasteiger partial charge in [-0.3, -0.25) is 4.79 Å². The van der Waals surface area contributed by atoms with E-state index in [9.17, 15) is 9.90 Å². The number of phenols is 1. The van der Waals surface area contributed by atoms with Crippen LogP contribution in [-0.2, 0) is 6.42 Å². The first kappa shape index (κ1) is 16.7. The van der Waals surface area contributed by atoms with Gasteiger partial charge < -0.3 is 9.52 Å². The van der Waals surface area contributed by atoms with Gasteiger partial charge in [0.15, 0.2) is 5.78 Å². The summed E-state index contributed by atoms with van der Waals surface area (Å²) in [6.45, 7) is 1.95. The fourth-order valence-electron chi connectivity index (χ4n) is 2.47. The lowest BCUT2D eigenvalue weighted by Gasteiger charge is -2.06. The molecule has 0 aliphatic heterocycles. The summed E-state index contributed by atoms with van der Waals surface area (Å²) >= 11 is 9.98. The molecule has 0 aliphatic carbocycles. The minimum absolute atomic E-state index is 0.0667. The van der Waals surface area contributed by atoms with E-state index in [1.165, 1.54) is 0 Å². The van der Waals surface area contributed by atoms with Gasteiger partial charge in [-0.15, -0.1) is 0 Å². The second-order valence-electron chi connectivity index (χ2n) is 4.99. The molecule has 118 valence electrons. The van der Waals surface area contributed by atoms with Gasteiger partial charge in [0, 0.05) is 17.4 Å². The molecular weight excluding hydrogens is 492 g/mol. The number of fused-ring (bicyclic) bond motifs is 1. The van der Waals surface area contributed by atoms with Gasteiger partial charge in [-0.2, -0.15) is 0 Å². The van der Waals surface area contributed by atoms with E-state index < -0.39 is 0 Å². The van der Waals surface area contributed by atoms with E-state index in [4.69, 9.17) is 4.42 Å². The molecule has 0 unspecified atom stereocenters. The maximum Gasteiger partial charge on any atom is 0.197 e. The van der Waals surface area contributed by atoms with Gasteiger partial charge in [0.25, 0.3) is 0 Å². The van der Waals surface area contributed by atoms with Gasteiger partial charge in [0.05, 0.1) is 19.0 Å². The maximum atomic E-state index is 13.0.